The fourth-order valence-corrected chi connectivity index (χ4v) is 2.42. The van der Waals surface area contributed by atoms with Crippen LogP contribution in [0.15, 0.2) is 24.3 Å². The second kappa shape index (κ2) is 6.72. The Labute approximate surface area is 119 Å². The Balaban J connectivity index is 1.83. The van der Waals surface area contributed by atoms with Crippen LogP contribution in [-0.2, 0) is 16.0 Å². The first-order valence-corrected chi connectivity index (χ1v) is 7.00. The topological polar surface area (TPSA) is 84.6 Å². The van der Waals surface area contributed by atoms with Crippen LogP contribution in [0.1, 0.15) is 25.3 Å². The smallest absolute Gasteiger partial charge is 0.237 e. The lowest BCUT2D eigenvalue weighted by atomic mass is 10.0. The summed E-state index contributed by atoms with van der Waals surface area (Å²) in [6, 6.07) is 6.33. The summed E-state index contributed by atoms with van der Waals surface area (Å²) >= 11 is 0. The van der Waals surface area contributed by atoms with Crippen molar-refractivity contribution < 1.29 is 14.6 Å². The van der Waals surface area contributed by atoms with Gasteiger partial charge in [0.05, 0.1) is 12.1 Å². The van der Waals surface area contributed by atoms with E-state index in [1.807, 2.05) is 6.92 Å². The van der Waals surface area contributed by atoms with Gasteiger partial charge in [-0.05, 0) is 43.9 Å². The maximum absolute atomic E-state index is 12.1. The monoisotopic (exact) mass is 278 g/mol. The van der Waals surface area contributed by atoms with E-state index in [0.717, 1.165) is 18.4 Å². The number of amides is 1. The predicted octanol–water partition coefficient (Wildman–Crippen LogP) is 0.946. The van der Waals surface area contributed by atoms with Gasteiger partial charge in [0.25, 0.3) is 0 Å². The molecular weight excluding hydrogens is 256 g/mol. The third-order valence-electron chi connectivity index (χ3n) is 3.56. The number of aromatic hydroxyl groups is 1. The first-order valence-electron chi connectivity index (χ1n) is 7.00. The van der Waals surface area contributed by atoms with Gasteiger partial charge >= 0.3 is 0 Å². The van der Waals surface area contributed by atoms with Crippen LogP contribution >= 0.6 is 0 Å². The Morgan fingerprint density at radius 2 is 2.20 bits per heavy atom. The third-order valence-corrected chi connectivity index (χ3v) is 3.56. The normalized spacial score (nSPS) is 24.1. The standard InChI is InChI=1S/C15H22N2O3/c1-10-8-12(6-7-20-10)17-15(19)14(16)9-11-2-4-13(18)5-3-11/h2-5,10,12,14,18H,6-9,16H2,1H3,(H,17,19). The minimum absolute atomic E-state index is 0.128. The number of nitrogens with one attached hydrogen (secondary N) is 1. The Morgan fingerprint density at radius 3 is 2.85 bits per heavy atom. The minimum Gasteiger partial charge on any atom is -0.508 e. The number of hydrogen-bond donors (Lipinski definition) is 3. The summed E-state index contributed by atoms with van der Waals surface area (Å²) in [6.45, 7) is 2.69. The van der Waals surface area contributed by atoms with Crippen molar-refractivity contribution in [3.05, 3.63) is 29.8 Å². The van der Waals surface area contributed by atoms with Gasteiger partial charge in [-0.3, -0.25) is 4.79 Å². The van der Waals surface area contributed by atoms with Crippen molar-refractivity contribution in [3.8, 4) is 5.75 Å². The largest absolute Gasteiger partial charge is 0.508 e. The zero-order valence-corrected chi connectivity index (χ0v) is 11.7. The van der Waals surface area contributed by atoms with Gasteiger partial charge in [-0.15, -0.1) is 0 Å². The second-order valence-corrected chi connectivity index (χ2v) is 5.39. The predicted molar refractivity (Wildman–Crippen MR) is 76.4 cm³/mol. The van der Waals surface area contributed by atoms with Crippen molar-refractivity contribution in [1.29, 1.82) is 0 Å². The lowest BCUT2D eigenvalue weighted by Crippen LogP contribution is -2.48. The summed E-state index contributed by atoms with van der Waals surface area (Å²) in [5.41, 5.74) is 6.87. The molecule has 1 aliphatic rings. The first-order chi connectivity index (χ1) is 9.54. The number of rotatable bonds is 4. The number of carbonyl (C=O) groups is 1. The average molecular weight is 278 g/mol. The van der Waals surface area contributed by atoms with Crippen LogP contribution in [0.25, 0.3) is 0 Å². The van der Waals surface area contributed by atoms with Gasteiger partial charge in [0.2, 0.25) is 5.91 Å². The maximum atomic E-state index is 12.1. The van der Waals surface area contributed by atoms with Gasteiger partial charge in [-0.2, -0.15) is 0 Å². The van der Waals surface area contributed by atoms with Gasteiger partial charge in [-0.25, -0.2) is 0 Å². The van der Waals surface area contributed by atoms with E-state index in [-0.39, 0.29) is 23.8 Å². The summed E-state index contributed by atoms with van der Waals surface area (Å²) in [7, 11) is 0. The lowest BCUT2D eigenvalue weighted by molar-refractivity contribution is -0.124. The van der Waals surface area contributed by atoms with Crippen molar-refractivity contribution in [1.82, 2.24) is 5.32 Å². The fourth-order valence-electron chi connectivity index (χ4n) is 2.42. The number of ether oxygens (including phenoxy) is 1. The summed E-state index contributed by atoms with van der Waals surface area (Å²) in [5, 5.41) is 12.2. The molecule has 0 aliphatic carbocycles. The second-order valence-electron chi connectivity index (χ2n) is 5.39. The zero-order chi connectivity index (χ0) is 14.5. The number of phenols is 1. The first kappa shape index (κ1) is 14.8. The molecule has 1 aromatic carbocycles. The molecule has 0 saturated carbocycles. The summed E-state index contributed by atoms with van der Waals surface area (Å²) in [6.07, 6.45) is 2.31. The van der Waals surface area contributed by atoms with Crippen LogP contribution in [0.5, 0.6) is 5.75 Å². The molecule has 2 rings (SSSR count). The molecular formula is C15H22N2O3. The number of nitrogens with two attached hydrogens (primary N) is 1. The van der Waals surface area contributed by atoms with Crippen LogP contribution < -0.4 is 11.1 Å². The Hall–Kier alpha value is -1.59. The molecule has 0 aromatic heterocycles. The molecule has 1 fully saturated rings. The minimum atomic E-state index is -0.572. The van der Waals surface area contributed by atoms with E-state index in [2.05, 4.69) is 5.32 Å². The summed E-state index contributed by atoms with van der Waals surface area (Å²) in [4.78, 5) is 12.1. The van der Waals surface area contributed by atoms with E-state index in [4.69, 9.17) is 10.5 Å². The fraction of sp³-hybridized carbons (Fsp3) is 0.533. The SMILES string of the molecule is CC1CC(NC(=O)C(N)Cc2ccc(O)cc2)CCO1. The molecule has 1 aliphatic heterocycles. The Bertz CT molecular complexity index is 447. The average Bonchev–Trinajstić information content (AvgIpc) is 2.41. The van der Waals surface area contributed by atoms with Gasteiger partial charge in [0.1, 0.15) is 5.75 Å². The van der Waals surface area contributed by atoms with Crippen LogP contribution in [0.4, 0.5) is 0 Å². The molecule has 1 aromatic rings. The van der Waals surface area contributed by atoms with Crippen molar-refractivity contribution >= 4 is 5.91 Å². The molecule has 5 nitrogen and oxygen atoms in total. The zero-order valence-electron chi connectivity index (χ0n) is 11.7. The quantitative estimate of drug-likeness (QED) is 0.765. The Morgan fingerprint density at radius 1 is 1.50 bits per heavy atom. The molecule has 0 spiro atoms. The van der Waals surface area contributed by atoms with Gasteiger partial charge in [0, 0.05) is 12.6 Å². The van der Waals surface area contributed by atoms with E-state index in [9.17, 15) is 9.90 Å². The van der Waals surface area contributed by atoms with E-state index < -0.39 is 6.04 Å². The van der Waals surface area contributed by atoms with Crippen molar-refractivity contribution in [2.24, 2.45) is 5.73 Å². The summed E-state index contributed by atoms with van der Waals surface area (Å²) in [5.74, 6) is 0.0835. The molecule has 4 N–H and O–H groups in total. The van der Waals surface area contributed by atoms with Gasteiger partial charge in [0.15, 0.2) is 0 Å². The molecule has 1 saturated heterocycles. The highest BCUT2D eigenvalue weighted by Gasteiger charge is 2.23. The molecule has 0 radical (unpaired) electrons. The van der Waals surface area contributed by atoms with Crippen molar-refractivity contribution in [2.75, 3.05) is 6.61 Å². The summed E-state index contributed by atoms with van der Waals surface area (Å²) < 4.78 is 5.45. The number of phenolic OH excluding ortho intramolecular Hbond substituents is 1. The highest BCUT2D eigenvalue weighted by atomic mass is 16.5. The number of carbonyl (C=O) groups excluding carboxylic acids is 1. The number of hydrogen-bond acceptors (Lipinski definition) is 4. The van der Waals surface area contributed by atoms with Crippen LogP contribution in [0, 0.1) is 0 Å². The molecule has 20 heavy (non-hydrogen) atoms. The molecule has 1 heterocycles. The van der Waals surface area contributed by atoms with E-state index >= 15 is 0 Å². The lowest BCUT2D eigenvalue weighted by Gasteiger charge is -2.28. The molecule has 1 amide bonds. The van der Waals surface area contributed by atoms with Crippen molar-refractivity contribution in [2.45, 2.75) is 44.4 Å². The maximum Gasteiger partial charge on any atom is 0.237 e. The van der Waals surface area contributed by atoms with Crippen molar-refractivity contribution in [3.63, 3.8) is 0 Å². The van der Waals surface area contributed by atoms with Crippen LogP contribution in [0.3, 0.4) is 0 Å². The molecule has 0 bridgehead atoms. The van der Waals surface area contributed by atoms with Crippen LogP contribution in [0.2, 0.25) is 0 Å². The van der Waals surface area contributed by atoms with Gasteiger partial charge in [-0.1, -0.05) is 12.1 Å². The molecule has 5 heteroatoms. The van der Waals surface area contributed by atoms with E-state index in [0.29, 0.717) is 13.0 Å². The molecule has 110 valence electrons. The Kier molecular flexibility index (Phi) is 4.98. The number of benzene rings is 1. The molecule has 3 atom stereocenters. The van der Waals surface area contributed by atoms with Gasteiger partial charge < -0.3 is 20.9 Å². The van der Waals surface area contributed by atoms with Crippen LogP contribution in [-0.4, -0.2) is 35.8 Å². The van der Waals surface area contributed by atoms with E-state index in [1.165, 1.54) is 0 Å². The molecule has 3 unspecified atom stereocenters. The highest BCUT2D eigenvalue weighted by Crippen LogP contribution is 2.14. The highest BCUT2D eigenvalue weighted by molar-refractivity contribution is 5.82. The third kappa shape index (κ3) is 4.21. The van der Waals surface area contributed by atoms with E-state index in [1.54, 1.807) is 24.3 Å².